The molecule has 0 amide bonds. The third-order valence-corrected chi connectivity index (χ3v) is 4.77. The standard InChI is InChI=1S/C15H21N5/c1-18(2)8-12-13-9-19(10-14(12)13)7-11-6-17-20-5-3-4-16-15(11)20/h3-6,12-14H,7-10H2,1-2H3/t12?,13-,14+. The van der Waals surface area contributed by atoms with Crippen molar-refractivity contribution in [3.05, 3.63) is 30.2 Å². The van der Waals surface area contributed by atoms with Crippen LogP contribution in [0.25, 0.3) is 5.65 Å². The minimum Gasteiger partial charge on any atom is -0.309 e. The Morgan fingerprint density at radius 3 is 2.85 bits per heavy atom. The van der Waals surface area contributed by atoms with Gasteiger partial charge in [0, 0.05) is 44.1 Å². The number of fused-ring (bicyclic) bond motifs is 2. The molecular formula is C15H21N5. The van der Waals surface area contributed by atoms with Crippen molar-refractivity contribution in [2.24, 2.45) is 17.8 Å². The van der Waals surface area contributed by atoms with Crippen LogP contribution in [0, 0.1) is 17.8 Å². The third kappa shape index (κ3) is 2.01. The van der Waals surface area contributed by atoms with E-state index < -0.39 is 0 Å². The number of hydrogen-bond donors (Lipinski definition) is 0. The van der Waals surface area contributed by atoms with Gasteiger partial charge in [0.25, 0.3) is 0 Å². The average Bonchev–Trinajstić information content (AvgIpc) is 2.83. The molecule has 3 atom stereocenters. The summed E-state index contributed by atoms with van der Waals surface area (Å²) >= 11 is 0. The van der Waals surface area contributed by atoms with Crippen molar-refractivity contribution in [1.82, 2.24) is 24.4 Å². The van der Waals surface area contributed by atoms with Crippen LogP contribution in [0.2, 0.25) is 0 Å². The first-order chi connectivity index (χ1) is 9.72. The Balaban J connectivity index is 1.41. The Morgan fingerprint density at radius 2 is 2.10 bits per heavy atom. The zero-order valence-electron chi connectivity index (χ0n) is 12.1. The van der Waals surface area contributed by atoms with Crippen molar-refractivity contribution < 1.29 is 0 Å². The maximum absolute atomic E-state index is 4.43. The van der Waals surface area contributed by atoms with Crippen LogP contribution in [0.5, 0.6) is 0 Å². The highest BCUT2D eigenvalue weighted by atomic mass is 15.3. The van der Waals surface area contributed by atoms with E-state index in [4.69, 9.17) is 0 Å². The monoisotopic (exact) mass is 271 g/mol. The summed E-state index contributed by atoms with van der Waals surface area (Å²) in [6.45, 7) is 4.73. The second kappa shape index (κ2) is 4.53. The molecule has 20 heavy (non-hydrogen) atoms. The van der Waals surface area contributed by atoms with E-state index in [0.29, 0.717) is 0 Å². The lowest BCUT2D eigenvalue weighted by atomic mass is 10.2. The fraction of sp³-hybridized carbons (Fsp3) is 0.600. The Kier molecular flexibility index (Phi) is 2.79. The van der Waals surface area contributed by atoms with Gasteiger partial charge in [-0.15, -0.1) is 0 Å². The Morgan fingerprint density at radius 1 is 1.30 bits per heavy atom. The van der Waals surface area contributed by atoms with E-state index in [1.54, 1.807) is 0 Å². The van der Waals surface area contributed by atoms with Crippen LogP contribution in [0.4, 0.5) is 0 Å². The Bertz CT molecular complexity index is 608. The van der Waals surface area contributed by atoms with Crippen molar-refractivity contribution in [3.63, 3.8) is 0 Å². The molecule has 0 bridgehead atoms. The van der Waals surface area contributed by atoms with Crippen molar-refractivity contribution in [1.29, 1.82) is 0 Å². The molecule has 1 aliphatic carbocycles. The number of nitrogens with zero attached hydrogens (tertiary/aromatic N) is 5. The fourth-order valence-corrected chi connectivity index (χ4v) is 3.79. The second-order valence-corrected chi connectivity index (χ2v) is 6.51. The number of hydrogen-bond acceptors (Lipinski definition) is 4. The van der Waals surface area contributed by atoms with Gasteiger partial charge in [-0.05, 0) is 37.9 Å². The topological polar surface area (TPSA) is 36.7 Å². The first-order valence-electron chi connectivity index (χ1n) is 7.36. The highest BCUT2D eigenvalue weighted by Crippen LogP contribution is 2.52. The molecule has 2 fully saturated rings. The van der Waals surface area contributed by atoms with E-state index in [1.165, 1.54) is 25.2 Å². The predicted molar refractivity (Wildman–Crippen MR) is 77.3 cm³/mol. The molecule has 0 spiro atoms. The summed E-state index contributed by atoms with van der Waals surface area (Å²) in [6, 6.07) is 1.92. The molecule has 0 radical (unpaired) electrons. The van der Waals surface area contributed by atoms with Crippen molar-refractivity contribution in [2.75, 3.05) is 33.7 Å². The Labute approximate surface area is 119 Å². The third-order valence-electron chi connectivity index (χ3n) is 4.77. The summed E-state index contributed by atoms with van der Waals surface area (Å²) < 4.78 is 1.86. The zero-order chi connectivity index (χ0) is 13.7. The van der Waals surface area contributed by atoms with Gasteiger partial charge >= 0.3 is 0 Å². The van der Waals surface area contributed by atoms with Crippen molar-refractivity contribution >= 4 is 5.65 Å². The molecule has 106 valence electrons. The molecule has 4 rings (SSSR count). The fourth-order valence-electron chi connectivity index (χ4n) is 3.79. The van der Waals surface area contributed by atoms with Gasteiger partial charge in [0.2, 0.25) is 0 Å². The molecule has 1 aliphatic heterocycles. The molecule has 0 N–H and O–H groups in total. The van der Waals surface area contributed by atoms with E-state index in [0.717, 1.165) is 29.9 Å². The van der Waals surface area contributed by atoms with Gasteiger partial charge in [0.15, 0.2) is 5.65 Å². The number of piperidine rings is 1. The first-order valence-corrected chi connectivity index (χ1v) is 7.36. The highest BCUT2D eigenvalue weighted by Gasteiger charge is 2.55. The smallest absolute Gasteiger partial charge is 0.159 e. The lowest BCUT2D eigenvalue weighted by molar-refractivity contribution is 0.258. The van der Waals surface area contributed by atoms with Crippen LogP contribution < -0.4 is 0 Å². The highest BCUT2D eigenvalue weighted by molar-refractivity contribution is 5.45. The molecule has 2 aromatic heterocycles. The molecule has 1 saturated carbocycles. The van der Waals surface area contributed by atoms with E-state index >= 15 is 0 Å². The summed E-state index contributed by atoms with van der Waals surface area (Å²) in [5.41, 5.74) is 2.24. The quantitative estimate of drug-likeness (QED) is 0.830. The van der Waals surface area contributed by atoms with E-state index in [2.05, 4.69) is 34.0 Å². The lowest BCUT2D eigenvalue weighted by Crippen LogP contribution is -2.27. The molecule has 2 aliphatic rings. The van der Waals surface area contributed by atoms with Gasteiger partial charge in [-0.3, -0.25) is 4.90 Å². The maximum atomic E-state index is 4.43. The first kappa shape index (κ1) is 12.3. The minimum atomic E-state index is 0.923. The largest absolute Gasteiger partial charge is 0.309 e. The van der Waals surface area contributed by atoms with Gasteiger partial charge in [0.05, 0.1) is 6.20 Å². The van der Waals surface area contributed by atoms with Gasteiger partial charge in [-0.1, -0.05) is 0 Å². The van der Waals surface area contributed by atoms with Crippen LogP contribution in [0.15, 0.2) is 24.7 Å². The normalized spacial score (nSPS) is 29.2. The molecule has 3 heterocycles. The van der Waals surface area contributed by atoms with E-state index in [9.17, 15) is 0 Å². The number of aromatic nitrogens is 3. The molecule has 5 nitrogen and oxygen atoms in total. The molecule has 1 unspecified atom stereocenters. The van der Waals surface area contributed by atoms with Crippen LogP contribution in [0.3, 0.4) is 0 Å². The van der Waals surface area contributed by atoms with Crippen LogP contribution in [-0.2, 0) is 6.54 Å². The average molecular weight is 271 g/mol. The molecular weight excluding hydrogens is 250 g/mol. The molecule has 5 heteroatoms. The van der Waals surface area contributed by atoms with Gasteiger partial charge < -0.3 is 4.90 Å². The van der Waals surface area contributed by atoms with Crippen LogP contribution >= 0.6 is 0 Å². The summed E-state index contributed by atoms with van der Waals surface area (Å²) in [5.74, 6) is 2.78. The molecule has 0 aromatic carbocycles. The summed E-state index contributed by atoms with van der Waals surface area (Å²) in [4.78, 5) is 9.32. The Hall–Kier alpha value is -1.46. The SMILES string of the molecule is CN(C)CC1[C@H]2CN(Cc3cnn4cccnc34)C[C@@H]12. The summed E-state index contributed by atoms with van der Waals surface area (Å²) in [7, 11) is 4.35. The number of likely N-dealkylation sites (tertiary alicyclic amines) is 1. The lowest BCUT2D eigenvalue weighted by Gasteiger charge is -2.20. The second-order valence-electron chi connectivity index (χ2n) is 6.51. The number of rotatable bonds is 4. The van der Waals surface area contributed by atoms with Crippen LogP contribution in [0.1, 0.15) is 5.56 Å². The minimum absolute atomic E-state index is 0.923. The van der Waals surface area contributed by atoms with Crippen LogP contribution in [-0.4, -0.2) is 58.1 Å². The van der Waals surface area contributed by atoms with Gasteiger partial charge in [-0.25, -0.2) is 9.50 Å². The van der Waals surface area contributed by atoms with Crippen molar-refractivity contribution in [3.8, 4) is 0 Å². The maximum Gasteiger partial charge on any atom is 0.159 e. The van der Waals surface area contributed by atoms with Crippen molar-refractivity contribution in [2.45, 2.75) is 6.54 Å². The summed E-state index contributed by atoms with van der Waals surface area (Å²) in [5, 5.41) is 4.37. The molecule has 2 aromatic rings. The van der Waals surface area contributed by atoms with E-state index in [1.807, 2.05) is 29.2 Å². The van der Waals surface area contributed by atoms with Gasteiger partial charge in [0.1, 0.15) is 0 Å². The predicted octanol–water partition coefficient (Wildman–Crippen LogP) is 0.969. The molecule has 1 saturated heterocycles. The van der Waals surface area contributed by atoms with E-state index in [-0.39, 0.29) is 0 Å². The summed E-state index contributed by atoms with van der Waals surface area (Å²) in [6.07, 6.45) is 5.76. The zero-order valence-corrected chi connectivity index (χ0v) is 12.1. The van der Waals surface area contributed by atoms with Gasteiger partial charge in [-0.2, -0.15) is 5.10 Å².